The fraction of sp³-hybridized carbons (Fsp3) is 0.833. The SMILES string of the molecule is CCC(C)(C)C(=O)OCC(CCC(=O)C(O)(C(F)(F)F)C(F)(F)F)(COC(=O)C(O)(C(F)(F)F)C(F)(F)F)COC(=O)C(O)(C(F)(F)F)C(F)(F)F. The Balaban J connectivity index is 7.57. The van der Waals surface area contributed by atoms with E-state index >= 15 is 0 Å². The second-order valence-electron chi connectivity index (χ2n) is 11.5. The normalized spacial score (nSPS) is 14.9. The predicted octanol–water partition coefficient (Wildman–Crippen LogP) is 4.96. The van der Waals surface area contributed by atoms with Crippen LogP contribution in [0, 0.1) is 10.8 Å². The average Bonchev–Trinajstić information content (AvgIpc) is 2.94. The Hall–Kier alpha value is -3.30. The van der Waals surface area contributed by atoms with E-state index in [-0.39, 0.29) is 6.42 Å². The van der Waals surface area contributed by atoms with Gasteiger partial charge in [0, 0.05) is 6.42 Å². The summed E-state index contributed by atoms with van der Waals surface area (Å²) in [5.74, 6) is -12.9. The summed E-state index contributed by atoms with van der Waals surface area (Å²) in [6, 6.07) is 0. The molecule has 52 heavy (non-hydrogen) atoms. The van der Waals surface area contributed by atoms with Gasteiger partial charge in [-0.3, -0.25) is 9.59 Å². The highest BCUT2D eigenvalue weighted by atomic mass is 19.4. The fourth-order valence-electron chi connectivity index (χ4n) is 3.37. The molecule has 10 nitrogen and oxygen atoms in total. The fourth-order valence-corrected chi connectivity index (χ4v) is 3.37. The van der Waals surface area contributed by atoms with Gasteiger partial charge in [-0.2, -0.15) is 79.0 Å². The number of hydrogen-bond donors (Lipinski definition) is 3. The van der Waals surface area contributed by atoms with Gasteiger partial charge in [0.2, 0.25) is 0 Å². The van der Waals surface area contributed by atoms with Gasteiger partial charge in [-0.05, 0) is 26.7 Å². The second-order valence-corrected chi connectivity index (χ2v) is 11.5. The summed E-state index contributed by atoms with van der Waals surface area (Å²) in [7, 11) is 0. The van der Waals surface area contributed by atoms with Crippen LogP contribution in [-0.4, -0.2) is 113 Å². The number of halogens is 18. The number of alkyl halides is 18. The molecule has 0 aliphatic heterocycles. The number of ketones is 1. The van der Waals surface area contributed by atoms with Crippen LogP contribution in [0.3, 0.4) is 0 Å². The maximum absolute atomic E-state index is 13.2. The van der Waals surface area contributed by atoms with Gasteiger partial charge in [0.1, 0.15) is 19.8 Å². The number of ether oxygens (including phenoxy) is 3. The summed E-state index contributed by atoms with van der Waals surface area (Å²) in [6.45, 7) is -4.25. The third kappa shape index (κ3) is 9.43. The lowest BCUT2D eigenvalue weighted by atomic mass is 9.81. The first kappa shape index (κ1) is 48.7. The number of aliphatic hydroxyl groups is 3. The Kier molecular flexibility index (Phi) is 13.9. The Morgan fingerprint density at radius 2 is 0.712 bits per heavy atom. The van der Waals surface area contributed by atoms with Gasteiger partial charge in [-0.15, -0.1) is 0 Å². The van der Waals surface area contributed by atoms with Crippen LogP contribution in [0.5, 0.6) is 0 Å². The molecular formula is C24H24F18O10. The molecule has 28 heteroatoms. The van der Waals surface area contributed by atoms with E-state index in [1.165, 1.54) is 6.92 Å². The van der Waals surface area contributed by atoms with Crippen LogP contribution >= 0.6 is 0 Å². The quantitative estimate of drug-likeness (QED) is 0.125. The van der Waals surface area contributed by atoms with E-state index < -0.39 is 121 Å². The zero-order valence-corrected chi connectivity index (χ0v) is 25.7. The first-order chi connectivity index (χ1) is 22.6. The molecule has 0 aromatic heterocycles. The molecule has 3 N–H and O–H groups in total. The highest BCUT2D eigenvalue weighted by Crippen LogP contribution is 2.48. The number of Topliss-reactive ketones (excluding diaryl/α,β-unsaturated/α-hetero) is 1. The minimum absolute atomic E-state index is 0.292. The van der Waals surface area contributed by atoms with Crippen molar-refractivity contribution in [3.63, 3.8) is 0 Å². The molecule has 0 aliphatic rings. The number of rotatable bonds is 14. The van der Waals surface area contributed by atoms with Crippen molar-refractivity contribution in [1.82, 2.24) is 0 Å². The van der Waals surface area contributed by atoms with Crippen LogP contribution in [-0.2, 0) is 33.4 Å². The molecule has 0 radical (unpaired) electrons. The topological polar surface area (TPSA) is 157 Å². The van der Waals surface area contributed by atoms with Crippen LogP contribution < -0.4 is 0 Å². The van der Waals surface area contributed by atoms with Gasteiger partial charge in [0.15, 0.2) is 5.78 Å². The van der Waals surface area contributed by atoms with Gasteiger partial charge in [0.05, 0.1) is 10.8 Å². The van der Waals surface area contributed by atoms with Crippen molar-refractivity contribution in [3.05, 3.63) is 0 Å². The molecule has 0 spiro atoms. The Morgan fingerprint density at radius 3 is 0.942 bits per heavy atom. The lowest BCUT2D eigenvalue weighted by Crippen LogP contribution is -2.64. The summed E-state index contributed by atoms with van der Waals surface area (Å²) in [4.78, 5) is 48.7. The van der Waals surface area contributed by atoms with E-state index in [4.69, 9.17) is 0 Å². The number of carbonyl (C=O) groups is 4. The predicted molar refractivity (Wildman–Crippen MR) is 125 cm³/mol. The highest BCUT2D eigenvalue weighted by molar-refractivity contribution is 5.89. The molecular weight excluding hydrogens is 790 g/mol. The zero-order valence-electron chi connectivity index (χ0n) is 25.7. The maximum Gasteiger partial charge on any atom is 0.437 e. The molecule has 0 aromatic carbocycles. The molecule has 0 rings (SSSR count). The molecule has 306 valence electrons. The van der Waals surface area contributed by atoms with Gasteiger partial charge in [-0.25, -0.2) is 9.59 Å². The van der Waals surface area contributed by atoms with Gasteiger partial charge >= 0.3 is 71.8 Å². The molecule has 0 amide bonds. The second kappa shape index (κ2) is 14.8. The van der Waals surface area contributed by atoms with Gasteiger partial charge < -0.3 is 29.5 Å². The molecule has 0 aromatic rings. The number of hydrogen-bond acceptors (Lipinski definition) is 10. The van der Waals surface area contributed by atoms with Crippen molar-refractivity contribution in [3.8, 4) is 0 Å². The van der Waals surface area contributed by atoms with E-state index in [0.717, 1.165) is 13.8 Å². The molecule has 0 saturated carbocycles. The highest BCUT2D eigenvalue weighted by Gasteiger charge is 2.78. The van der Waals surface area contributed by atoms with Crippen LogP contribution in [0.4, 0.5) is 79.0 Å². The first-order valence-electron chi connectivity index (χ1n) is 13.2. The van der Waals surface area contributed by atoms with Gasteiger partial charge in [0.25, 0.3) is 0 Å². The van der Waals surface area contributed by atoms with Crippen molar-refractivity contribution in [2.75, 3.05) is 19.8 Å². The molecule has 0 fully saturated rings. The molecule has 0 unspecified atom stereocenters. The van der Waals surface area contributed by atoms with Gasteiger partial charge in [-0.1, -0.05) is 6.92 Å². The summed E-state index contributed by atoms with van der Waals surface area (Å²) in [5.41, 5.74) is -25.1. The smallest absolute Gasteiger partial charge is 0.437 e. The van der Waals surface area contributed by atoms with Crippen molar-refractivity contribution in [2.24, 2.45) is 10.8 Å². The maximum atomic E-state index is 13.2. The Labute approximate surface area is 276 Å². The van der Waals surface area contributed by atoms with Crippen molar-refractivity contribution in [1.29, 1.82) is 0 Å². The van der Waals surface area contributed by atoms with Crippen molar-refractivity contribution >= 4 is 23.7 Å². The van der Waals surface area contributed by atoms with E-state index in [9.17, 15) is 114 Å². The molecule has 0 saturated heterocycles. The average molecular weight is 814 g/mol. The Morgan fingerprint density at radius 1 is 0.462 bits per heavy atom. The Bertz CT molecular complexity index is 1130. The molecule has 0 bridgehead atoms. The van der Waals surface area contributed by atoms with Crippen LogP contribution in [0.2, 0.25) is 0 Å². The van der Waals surface area contributed by atoms with E-state index in [0.29, 0.717) is 0 Å². The summed E-state index contributed by atoms with van der Waals surface area (Å²) >= 11 is 0. The molecule has 0 atom stereocenters. The summed E-state index contributed by atoms with van der Waals surface area (Å²) in [6.07, 6.45) is -47.6. The first-order valence-corrected chi connectivity index (χ1v) is 13.2. The standard InChI is InChI=1S/C24H24F18O10/c1-4-14(2,3)11(44)50-7-15(6-5-10(43)16(47,19(25,26)27)20(28,29)30,8-51-12(45)17(48,21(31,32)33)22(34,35)36)9-52-13(46)18(49,23(37,38)39)24(40,41)42/h47-49H,4-9H2,1-3H3. The minimum atomic E-state index is -7.10. The summed E-state index contributed by atoms with van der Waals surface area (Å²) < 4.78 is 249. The van der Waals surface area contributed by atoms with Crippen molar-refractivity contribution in [2.45, 2.75) is 93.9 Å². The third-order valence-corrected chi connectivity index (χ3v) is 7.30. The lowest BCUT2D eigenvalue weighted by Gasteiger charge is -2.37. The van der Waals surface area contributed by atoms with Crippen molar-refractivity contribution < 1.29 is 128 Å². The van der Waals surface area contributed by atoms with Crippen LogP contribution in [0.15, 0.2) is 0 Å². The molecule has 0 aliphatic carbocycles. The summed E-state index contributed by atoms with van der Waals surface area (Å²) in [5, 5.41) is 27.7. The third-order valence-electron chi connectivity index (χ3n) is 7.30. The monoisotopic (exact) mass is 814 g/mol. The number of esters is 3. The zero-order chi connectivity index (χ0) is 42.2. The van der Waals surface area contributed by atoms with Crippen LogP contribution in [0.25, 0.3) is 0 Å². The van der Waals surface area contributed by atoms with E-state index in [1.54, 1.807) is 0 Å². The lowest BCUT2D eigenvalue weighted by molar-refractivity contribution is -0.357. The largest absolute Gasteiger partial charge is 0.464 e. The number of carbonyl (C=O) groups excluding carboxylic acids is 4. The van der Waals surface area contributed by atoms with Crippen LogP contribution in [0.1, 0.15) is 40.0 Å². The minimum Gasteiger partial charge on any atom is -0.464 e. The van der Waals surface area contributed by atoms with E-state index in [1.807, 2.05) is 0 Å². The molecule has 0 heterocycles. The van der Waals surface area contributed by atoms with E-state index in [2.05, 4.69) is 14.2 Å².